The van der Waals surface area contributed by atoms with Crippen molar-refractivity contribution in [2.45, 2.75) is 25.2 Å². The van der Waals surface area contributed by atoms with Gasteiger partial charge in [0.1, 0.15) is 0 Å². The lowest BCUT2D eigenvalue weighted by Gasteiger charge is -2.41. The van der Waals surface area contributed by atoms with Crippen molar-refractivity contribution in [1.82, 2.24) is 20.2 Å². The minimum absolute atomic E-state index is 0.0826. The molecule has 7 heteroatoms. The number of guanidine groups is 1. The van der Waals surface area contributed by atoms with E-state index in [1.807, 2.05) is 13.1 Å². The van der Waals surface area contributed by atoms with Crippen LogP contribution in [-0.2, 0) is 10.2 Å². The van der Waals surface area contributed by atoms with Gasteiger partial charge in [0.15, 0.2) is 5.96 Å². The van der Waals surface area contributed by atoms with Gasteiger partial charge < -0.3 is 19.9 Å². The van der Waals surface area contributed by atoms with Crippen LogP contribution in [0, 0.1) is 6.92 Å². The molecule has 2 fully saturated rings. The van der Waals surface area contributed by atoms with E-state index < -0.39 is 0 Å². The second-order valence-corrected chi connectivity index (χ2v) is 8.13. The molecule has 4 rings (SSSR count). The van der Waals surface area contributed by atoms with Gasteiger partial charge in [-0.25, -0.2) is 9.97 Å². The molecule has 1 aromatic heterocycles. The molecule has 0 atom stereocenters. The molecule has 0 amide bonds. The molecule has 30 heavy (non-hydrogen) atoms. The van der Waals surface area contributed by atoms with E-state index in [0.29, 0.717) is 0 Å². The fourth-order valence-corrected chi connectivity index (χ4v) is 4.62. The first kappa shape index (κ1) is 20.6. The van der Waals surface area contributed by atoms with E-state index in [0.717, 1.165) is 70.7 Å². The molecule has 1 aromatic carbocycles. The predicted molar refractivity (Wildman–Crippen MR) is 120 cm³/mol. The van der Waals surface area contributed by atoms with Crippen LogP contribution in [0.15, 0.2) is 47.7 Å². The average molecular weight is 409 g/mol. The van der Waals surface area contributed by atoms with E-state index >= 15 is 0 Å². The van der Waals surface area contributed by atoms with Gasteiger partial charge in [-0.3, -0.25) is 4.99 Å². The minimum Gasteiger partial charge on any atom is -0.381 e. The first-order valence-corrected chi connectivity index (χ1v) is 10.8. The maximum absolute atomic E-state index is 5.70. The maximum Gasteiger partial charge on any atom is 0.225 e. The lowest BCUT2D eigenvalue weighted by Crippen LogP contribution is -2.55. The Balaban J connectivity index is 1.41. The monoisotopic (exact) mass is 408 g/mol. The molecule has 1 N–H and O–H groups in total. The van der Waals surface area contributed by atoms with E-state index in [1.54, 1.807) is 12.4 Å². The topological polar surface area (TPSA) is 65.9 Å². The van der Waals surface area contributed by atoms with Gasteiger partial charge in [-0.15, -0.1) is 0 Å². The number of benzene rings is 1. The van der Waals surface area contributed by atoms with Gasteiger partial charge in [0.05, 0.1) is 0 Å². The van der Waals surface area contributed by atoms with Crippen molar-refractivity contribution in [2.75, 3.05) is 57.9 Å². The molecular weight excluding hydrogens is 376 g/mol. The second-order valence-electron chi connectivity index (χ2n) is 8.13. The van der Waals surface area contributed by atoms with Crippen LogP contribution >= 0.6 is 0 Å². The Morgan fingerprint density at radius 3 is 2.43 bits per heavy atom. The fraction of sp³-hybridized carbons (Fsp3) is 0.522. The molecule has 0 unspecified atom stereocenters. The summed E-state index contributed by atoms with van der Waals surface area (Å²) < 4.78 is 5.70. The SMILES string of the molecule is CN=C(NCC1(c2ccccc2C)CCOCC1)N1CCN(c2ncccn2)CC1. The predicted octanol–water partition coefficient (Wildman–Crippen LogP) is 2.23. The molecule has 0 radical (unpaired) electrons. The molecule has 2 aliphatic rings. The summed E-state index contributed by atoms with van der Waals surface area (Å²) in [5.41, 5.74) is 2.87. The number of ether oxygens (including phenoxy) is 1. The number of aromatic nitrogens is 2. The normalized spacial score (nSPS) is 19.6. The molecule has 0 aliphatic carbocycles. The molecule has 2 aliphatic heterocycles. The van der Waals surface area contributed by atoms with Crippen LogP contribution in [0.3, 0.4) is 0 Å². The van der Waals surface area contributed by atoms with Crippen molar-refractivity contribution in [1.29, 1.82) is 0 Å². The molecule has 7 nitrogen and oxygen atoms in total. The quantitative estimate of drug-likeness (QED) is 0.618. The number of hydrogen-bond donors (Lipinski definition) is 1. The van der Waals surface area contributed by atoms with Crippen molar-refractivity contribution in [3.63, 3.8) is 0 Å². The largest absolute Gasteiger partial charge is 0.381 e. The summed E-state index contributed by atoms with van der Waals surface area (Å²) in [4.78, 5) is 17.9. The Kier molecular flexibility index (Phi) is 6.47. The molecule has 0 saturated carbocycles. The standard InChI is InChI=1S/C23H32N6O/c1-19-6-3-4-7-20(19)23(8-16-30-17-9-23)18-27-21(24-2)28-12-14-29(15-13-28)22-25-10-5-11-26-22/h3-7,10-11H,8-9,12-18H2,1-2H3,(H,24,27). The van der Waals surface area contributed by atoms with Crippen LogP contribution in [0.25, 0.3) is 0 Å². The maximum atomic E-state index is 5.70. The number of piperazine rings is 1. The van der Waals surface area contributed by atoms with Gasteiger partial charge in [0.2, 0.25) is 5.95 Å². The number of anilines is 1. The van der Waals surface area contributed by atoms with Crippen molar-refractivity contribution in [2.24, 2.45) is 4.99 Å². The number of nitrogens with one attached hydrogen (secondary N) is 1. The van der Waals surface area contributed by atoms with Crippen molar-refractivity contribution < 1.29 is 4.74 Å². The van der Waals surface area contributed by atoms with E-state index in [4.69, 9.17) is 4.74 Å². The highest BCUT2D eigenvalue weighted by Crippen LogP contribution is 2.36. The zero-order valence-corrected chi connectivity index (χ0v) is 18.0. The third-order valence-corrected chi connectivity index (χ3v) is 6.38. The minimum atomic E-state index is 0.0826. The van der Waals surface area contributed by atoms with Crippen LogP contribution in [0.5, 0.6) is 0 Å². The smallest absolute Gasteiger partial charge is 0.225 e. The summed E-state index contributed by atoms with van der Waals surface area (Å²) in [5, 5.41) is 3.70. The van der Waals surface area contributed by atoms with Crippen LogP contribution in [0.4, 0.5) is 5.95 Å². The zero-order valence-electron chi connectivity index (χ0n) is 18.0. The Morgan fingerprint density at radius 2 is 1.77 bits per heavy atom. The molecule has 160 valence electrons. The van der Waals surface area contributed by atoms with Crippen LogP contribution < -0.4 is 10.2 Å². The van der Waals surface area contributed by atoms with Gasteiger partial charge >= 0.3 is 0 Å². The lowest BCUT2D eigenvalue weighted by atomic mass is 9.72. The first-order valence-electron chi connectivity index (χ1n) is 10.8. The summed E-state index contributed by atoms with van der Waals surface area (Å²) in [6.45, 7) is 8.29. The molecule has 3 heterocycles. The summed E-state index contributed by atoms with van der Waals surface area (Å²) >= 11 is 0. The molecule has 0 spiro atoms. The van der Waals surface area contributed by atoms with E-state index in [-0.39, 0.29) is 5.41 Å². The van der Waals surface area contributed by atoms with Gasteiger partial charge in [-0.1, -0.05) is 24.3 Å². The van der Waals surface area contributed by atoms with Crippen LogP contribution in [0.1, 0.15) is 24.0 Å². The first-order chi connectivity index (χ1) is 14.7. The van der Waals surface area contributed by atoms with Gasteiger partial charge in [0.25, 0.3) is 0 Å². The van der Waals surface area contributed by atoms with Crippen molar-refractivity contribution >= 4 is 11.9 Å². The fourth-order valence-electron chi connectivity index (χ4n) is 4.62. The molecule has 0 bridgehead atoms. The zero-order chi connectivity index (χ0) is 20.8. The Hall–Kier alpha value is -2.67. The number of rotatable bonds is 4. The summed E-state index contributed by atoms with van der Waals surface area (Å²) in [6, 6.07) is 10.6. The Labute approximate surface area is 179 Å². The number of nitrogens with zero attached hydrogens (tertiary/aromatic N) is 5. The third kappa shape index (κ3) is 4.41. The summed E-state index contributed by atoms with van der Waals surface area (Å²) in [5.74, 6) is 1.78. The Morgan fingerprint density at radius 1 is 1.07 bits per heavy atom. The Bertz CT molecular complexity index is 842. The molecule has 2 saturated heterocycles. The highest BCUT2D eigenvalue weighted by atomic mass is 16.5. The van der Waals surface area contributed by atoms with Crippen molar-refractivity contribution in [3.05, 3.63) is 53.9 Å². The average Bonchev–Trinajstić information content (AvgIpc) is 2.81. The van der Waals surface area contributed by atoms with E-state index in [9.17, 15) is 0 Å². The highest BCUT2D eigenvalue weighted by molar-refractivity contribution is 5.80. The third-order valence-electron chi connectivity index (χ3n) is 6.38. The second kappa shape index (κ2) is 9.43. The van der Waals surface area contributed by atoms with Crippen molar-refractivity contribution in [3.8, 4) is 0 Å². The van der Waals surface area contributed by atoms with E-state index in [1.165, 1.54) is 11.1 Å². The number of hydrogen-bond acceptors (Lipinski definition) is 5. The van der Waals surface area contributed by atoms with Crippen LogP contribution in [-0.4, -0.2) is 73.8 Å². The van der Waals surface area contributed by atoms with Gasteiger partial charge in [-0.05, 0) is 37.0 Å². The van der Waals surface area contributed by atoms with Gasteiger partial charge in [-0.2, -0.15) is 0 Å². The summed E-state index contributed by atoms with van der Waals surface area (Å²) in [6.07, 6.45) is 5.66. The van der Waals surface area contributed by atoms with Gasteiger partial charge in [0, 0.05) is 70.8 Å². The number of aliphatic imine (C=N–C) groups is 1. The molecule has 2 aromatic rings. The highest BCUT2D eigenvalue weighted by Gasteiger charge is 2.36. The van der Waals surface area contributed by atoms with E-state index in [2.05, 4.69) is 61.3 Å². The lowest BCUT2D eigenvalue weighted by molar-refractivity contribution is 0.0509. The molecular formula is C23H32N6O. The van der Waals surface area contributed by atoms with Crippen LogP contribution in [0.2, 0.25) is 0 Å². The summed E-state index contributed by atoms with van der Waals surface area (Å²) in [7, 11) is 1.87. The number of aryl methyl sites for hydroxylation is 1.